The van der Waals surface area contributed by atoms with Gasteiger partial charge in [-0.1, -0.05) is 12.1 Å². The fraction of sp³-hybridized carbons (Fsp3) is 0.533. The van der Waals surface area contributed by atoms with Gasteiger partial charge in [-0.05, 0) is 73.4 Å². The van der Waals surface area contributed by atoms with Crippen molar-refractivity contribution < 1.29 is 4.79 Å². The molecule has 0 radical (unpaired) electrons. The third-order valence-corrected chi connectivity index (χ3v) is 4.49. The molecule has 1 saturated heterocycles. The Labute approximate surface area is 123 Å². The van der Waals surface area contributed by atoms with Crippen molar-refractivity contribution in [2.75, 3.05) is 26.7 Å². The molecule has 1 amide bonds. The third kappa shape index (κ3) is 4.32. The first-order chi connectivity index (χ1) is 9.16. The van der Waals surface area contributed by atoms with E-state index in [1.165, 1.54) is 25.9 Å². The summed E-state index contributed by atoms with van der Waals surface area (Å²) in [5, 5.41) is 3.02. The van der Waals surface area contributed by atoms with Gasteiger partial charge >= 0.3 is 0 Å². The van der Waals surface area contributed by atoms with Crippen molar-refractivity contribution in [3.05, 3.63) is 34.3 Å². The molecule has 104 valence electrons. The van der Waals surface area contributed by atoms with E-state index in [4.69, 9.17) is 0 Å². The number of amides is 1. The monoisotopic (exact) mass is 324 g/mol. The topological polar surface area (TPSA) is 32.3 Å². The Morgan fingerprint density at radius 1 is 1.37 bits per heavy atom. The summed E-state index contributed by atoms with van der Waals surface area (Å²) >= 11 is 3.41. The number of hydrogen-bond donors (Lipinski definition) is 1. The van der Waals surface area contributed by atoms with Gasteiger partial charge in [-0.15, -0.1) is 0 Å². The van der Waals surface area contributed by atoms with Crippen LogP contribution >= 0.6 is 15.9 Å². The molecule has 1 aromatic carbocycles. The summed E-state index contributed by atoms with van der Waals surface area (Å²) in [4.78, 5) is 14.4. The molecule has 4 heteroatoms. The molecular weight excluding hydrogens is 304 g/mol. The van der Waals surface area contributed by atoms with E-state index in [1.807, 2.05) is 24.3 Å². The van der Waals surface area contributed by atoms with E-state index in [2.05, 4.69) is 33.2 Å². The Morgan fingerprint density at radius 2 is 2.05 bits per heavy atom. The molecule has 0 bridgehead atoms. The van der Waals surface area contributed by atoms with Crippen molar-refractivity contribution in [1.29, 1.82) is 0 Å². The summed E-state index contributed by atoms with van der Waals surface area (Å²) in [5.41, 5.74) is 0.714. The molecule has 1 heterocycles. The summed E-state index contributed by atoms with van der Waals surface area (Å²) < 4.78 is 0.854. The molecule has 0 aliphatic carbocycles. The highest BCUT2D eigenvalue weighted by molar-refractivity contribution is 9.10. The minimum absolute atomic E-state index is 0.0143. The van der Waals surface area contributed by atoms with E-state index >= 15 is 0 Å². The van der Waals surface area contributed by atoms with E-state index < -0.39 is 0 Å². The summed E-state index contributed by atoms with van der Waals surface area (Å²) in [6.45, 7) is 3.14. The lowest BCUT2D eigenvalue weighted by Gasteiger charge is -2.28. The van der Waals surface area contributed by atoms with E-state index in [1.54, 1.807) is 0 Å². The van der Waals surface area contributed by atoms with Gasteiger partial charge in [-0.25, -0.2) is 0 Å². The predicted molar refractivity (Wildman–Crippen MR) is 81.3 cm³/mol. The molecule has 1 aliphatic rings. The number of likely N-dealkylation sites (tertiary alicyclic amines) is 1. The summed E-state index contributed by atoms with van der Waals surface area (Å²) in [6, 6.07) is 7.54. The maximum atomic E-state index is 12.0. The standard InChI is InChI=1S/C15H21BrN2O/c1-18-10-7-12(8-11-18)6-9-17-15(19)13-4-2-3-5-14(13)16/h2-5,12H,6-11H2,1H3,(H,17,19). The molecule has 3 nitrogen and oxygen atoms in total. The maximum Gasteiger partial charge on any atom is 0.252 e. The molecule has 2 rings (SSSR count). The second kappa shape index (κ2) is 7.06. The van der Waals surface area contributed by atoms with Crippen molar-refractivity contribution in [2.24, 2.45) is 5.92 Å². The first kappa shape index (κ1) is 14.5. The van der Waals surface area contributed by atoms with E-state index in [9.17, 15) is 4.79 Å². The number of carbonyl (C=O) groups excluding carboxylic acids is 1. The van der Waals surface area contributed by atoms with Crippen molar-refractivity contribution in [3.8, 4) is 0 Å². The minimum atomic E-state index is 0.0143. The van der Waals surface area contributed by atoms with E-state index in [0.29, 0.717) is 5.56 Å². The largest absolute Gasteiger partial charge is 0.352 e. The first-order valence-corrected chi connectivity index (χ1v) is 7.67. The Hall–Kier alpha value is -0.870. The first-order valence-electron chi connectivity index (χ1n) is 6.88. The number of hydrogen-bond acceptors (Lipinski definition) is 2. The van der Waals surface area contributed by atoms with E-state index in [0.717, 1.165) is 23.4 Å². The summed E-state index contributed by atoms with van der Waals surface area (Å²) in [5.74, 6) is 0.774. The smallest absolute Gasteiger partial charge is 0.252 e. The third-order valence-electron chi connectivity index (χ3n) is 3.79. The molecule has 1 aromatic rings. The van der Waals surface area contributed by atoms with Crippen LogP contribution in [0.3, 0.4) is 0 Å². The zero-order valence-corrected chi connectivity index (χ0v) is 12.9. The zero-order chi connectivity index (χ0) is 13.7. The van der Waals surface area contributed by atoms with Crippen LogP contribution in [0.25, 0.3) is 0 Å². The lowest BCUT2D eigenvalue weighted by Crippen LogP contribution is -2.32. The van der Waals surface area contributed by atoms with Gasteiger partial charge in [0.1, 0.15) is 0 Å². The van der Waals surface area contributed by atoms with Gasteiger partial charge in [0.05, 0.1) is 5.56 Å². The normalized spacial score (nSPS) is 17.4. The summed E-state index contributed by atoms with van der Waals surface area (Å²) in [6.07, 6.45) is 3.59. The number of nitrogens with one attached hydrogen (secondary N) is 1. The van der Waals surface area contributed by atoms with Crippen LogP contribution in [-0.2, 0) is 0 Å². The molecule has 0 atom stereocenters. The van der Waals surface area contributed by atoms with Crippen LogP contribution in [0, 0.1) is 5.92 Å². The second-order valence-electron chi connectivity index (χ2n) is 5.27. The zero-order valence-electron chi connectivity index (χ0n) is 11.4. The highest BCUT2D eigenvalue weighted by Gasteiger charge is 2.16. The lowest BCUT2D eigenvalue weighted by molar-refractivity contribution is 0.0948. The van der Waals surface area contributed by atoms with E-state index in [-0.39, 0.29) is 5.91 Å². The molecule has 0 unspecified atom stereocenters. The maximum absolute atomic E-state index is 12.0. The fourth-order valence-electron chi connectivity index (χ4n) is 2.48. The van der Waals surface area contributed by atoms with Gasteiger partial charge in [0.2, 0.25) is 0 Å². The Bertz CT molecular complexity index is 428. The second-order valence-corrected chi connectivity index (χ2v) is 6.13. The Kier molecular flexibility index (Phi) is 5.40. The van der Waals surface area contributed by atoms with Crippen molar-refractivity contribution >= 4 is 21.8 Å². The highest BCUT2D eigenvalue weighted by Crippen LogP contribution is 2.19. The van der Waals surface area contributed by atoms with Crippen LogP contribution in [0.1, 0.15) is 29.6 Å². The molecule has 19 heavy (non-hydrogen) atoms. The quantitative estimate of drug-likeness (QED) is 0.923. The average molecular weight is 325 g/mol. The Morgan fingerprint density at radius 3 is 2.74 bits per heavy atom. The molecule has 1 fully saturated rings. The lowest BCUT2D eigenvalue weighted by atomic mass is 9.94. The van der Waals surface area contributed by atoms with Crippen LogP contribution < -0.4 is 5.32 Å². The molecular formula is C15H21BrN2O. The van der Waals surface area contributed by atoms with Gasteiger partial charge in [-0.2, -0.15) is 0 Å². The molecule has 1 N–H and O–H groups in total. The number of nitrogens with zero attached hydrogens (tertiary/aromatic N) is 1. The number of benzene rings is 1. The van der Waals surface area contributed by atoms with Crippen molar-refractivity contribution in [1.82, 2.24) is 10.2 Å². The highest BCUT2D eigenvalue weighted by atomic mass is 79.9. The van der Waals surface area contributed by atoms with Gasteiger partial charge in [0, 0.05) is 11.0 Å². The number of rotatable bonds is 4. The van der Waals surface area contributed by atoms with Gasteiger partial charge in [-0.3, -0.25) is 4.79 Å². The van der Waals surface area contributed by atoms with Crippen LogP contribution in [0.5, 0.6) is 0 Å². The van der Waals surface area contributed by atoms with Gasteiger partial charge < -0.3 is 10.2 Å². The van der Waals surface area contributed by atoms with Crippen LogP contribution in [0.2, 0.25) is 0 Å². The molecule has 0 aromatic heterocycles. The van der Waals surface area contributed by atoms with Gasteiger partial charge in [0.25, 0.3) is 5.91 Å². The van der Waals surface area contributed by atoms with Crippen LogP contribution in [-0.4, -0.2) is 37.5 Å². The predicted octanol–water partition coefficient (Wildman–Crippen LogP) is 2.91. The number of halogens is 1. The van der Waals surface area contributed by atoms with Crippen LogP contribution in [0.15, 0.2) is 28.7 Å². The summed E-state index contributed by atoms with van der Waals surface area (Å²) in [7, 11) is 2.17. The minimum Gasteiger partial charge on any atom is -0.352 e. The average Bonchev–Trinajstić information content (AvgIpc) is 2.41. The van der Waals surface area contributed by atoms with Crippen molar-refractivity contribution in [2.45, 2.75) is 19.3 Å². The van der Waals surface area contributed by atoms with Gasteiger partial charge in [0.15, 0.2) is 0 Å². The number of carbonyl (C=O) groups is 1. The van der Waals surface area contributed by atoms with Crippen molar-refractivity contribution in [3.63, 3.8) is 0 Å². The molecule has 1 aliphatic heterocycles. The molecule has 0 saturated carbocycles. The molecule has 0 spiro atoms. The van der Waals surface area contributed by atoms with Crippen LogP contribution in [0.4, 0.5) is 0 Å². The SMILES string of the molecule is CN1CCC(CCNC(=O)c2ccccc2Br)CC1. The number of piperidine rings is 1. The Balaban J connectivity index is 1.74. The fourth-order valence-corrected chi connectivity index (χ4v) is 2.95.